The summed E-state index contributed by atoms with van der Waals surface area (Å²) in [7, 11) is 0. The first kappa shape index (κ1) is 14.0. The Kier molecular flexibility index (Phi) is 6.37. The average Bonchev–Trinajstić information content (AvgIpc) is 2.81. The van der Waals surface area contributed by atoms with Crippen LogP contribution in [0.15, 0.2) is 0 Å². The van der Waals surface area contributed by atoms with Crippen LogP contribution in [0.2, 0.25) is 0 Å². The lowest BCUT2D eigenvalue weighted by Crippen LogP contribution is -2.36. The van der Waals surface area contributed by atoms with Gasteiger partial charge in [-0.2, -0.15) is 0 Å². The van der Waals surface area contributed by atoms with Crippen LogP contribution in [-0.4, -0.2) is 18.4 Å². The van der Waals surface area contributed by atoms with Crippen LogP contribution in [0, 0.1) is 5.92 Å². The first-order valence-electron chi connectivity index (χ1n) is 6.62. The van der Waals surface area contributed by atoms with Crippen LogP contribution in [0.25, 0.3) is 0 Å². The highest BCUT2D eigenvalue weighted by molar-refractivity contribution is 5.85. The standard InChI is InChI=1S/C13H23NO.ClH/c15-13(11-6-4-5-7-11)10-14-12-8-2-1-3-9-12;/h11-12,14H,1-10H2;1H. The fourth-order valence-electron chi connectivity index (χ4n) is 2.94. The molecular weight excluding hydrogens is 222 g/mol. The quantitative estimate of drug-likeness (QED) is 0.825. The molecule has 1 N–H and O–H groups in total. The minimum Gasteiger partial charge on any atom is -0.307 e. The zero-order valence-corrected chi connectivity index (χ0v) is 10.9. The van der Waals surface area contributed by atoms with Crippen molar-refractivity contribution in [3.8, 4) is 0 Å². The van der Waals surface area contributed by atoms with E-state index in [0.717, 1.165) is 12.8 Å². The molecule has 0 radical (unpaired) electrons. The predicted molar refractivity (Wildman–Crippen MR) is 69.1 cm³/mol. The van der Waals surface area contributed by atoms with Crippen molar-refractivity contribution in [2.24, 2.45) is 5.92 Å². The Morgan fingerprint density at radius 3 is 2.12 bits per heavy atom. The summed E-state index contributed by atoms with van der Waals surface area (Å²) < 4.78 is 0. The number of hydrogen-bond donors (Lipinski definition) is 1. The molecule has 2 aliphatic rings. The molecule has 2 fully saturated rings. The fourth-order valence-corrected chi connectivity index (χ4v) is 2.94. The van der Waals surface area contributed by atoms with Gasteiger partial charge in [0.05, 0.1) is 6.54 Å². The van der Waals surface area contributed by atoms with Gasteiger partial charge in [-0.25, -0.2) is 0 Å². The summed E-state index contributed by atoms with van der Waals surface area (Å²) in [6, 6.07) is 0.629. The van der Waals surface area contributed by atoms with E-state index in [0.29, 0.717) is 24.3 Å². The lowest BCUT2D eigenvalue weighted by atomic mass is 9.95. The SMILES string of the molecule is Cl.O=C(CNC1CCCCC1)C1CCCC1. The van der Waals surface area contributed by atoms with Gasteiger partial charge < -0.3 is 5.32 Å². The Hall–Kier alpha value is -0.0800. The first-order chi connectivity index (χ1) is 7.36. The van der Waals surface area contributed by atoms with Crippen LogP contribution in [-0.2, 0) is 4.79 Å². The third-order valence-electron chi connectivity index (χ3n) is 3.98. The second kappa shape index (κ2) is 7.29. The van der Waals surface area contributed by atoms with Crippen LogP contribution in [0.1, 0.15) is 57.8 Å². The number of carbonyl (C=O) groups excluding carboxylic acids is 1. The van der Waals surface area contributed by atoms with Gasteiger partial charge in [0, 0.05) is 12.0 Å². The minimum absolute atomic E-state index is 0. The number of hydrogen-bond acceptors (Lipinski definition) is 2. The third kappa shape index (κ3) is 4.06. The summed E-state index contributed by atoms with van der Waals surface area (Å²) in [6.07, 6.45) is 11.4. The van der Waals surface area contributed by atoms with Gasteiger partial charge in [0.1, 0.15) is 5.78 Å². The summed E-state index contributed by atoms with van der Waals surface area (Å²) in [4.78, 5) is 11.8. The number of Topliss-reactive ketones (excluding diaryl/α,β-unsaturated/α-hetero) is 1. The van der Waals surface area contributed by atoms with Crippen molar-refractivity contribution in [3.05, 3.63) is 0 Å². The Morgan fingerprint density at radius 2 is 1.50 bits per heavy atom. The number of halogens is 1. The van der Waals surface area contributed by atoms with E-state index < -0.39 is 0 Å². The topological polar surface area (TPSA) is 29.1 Å². The van der Waals surface area contributed by atoms with E-state index in [4.69, 9.17) is 0 Å². The summed E-state index contributed by atoms with van der Waals surface area (Å²) in [5.41, 5.74) is 0. The Bertz CT molecular complexity index is 208. The fraction of sp³-hybridized carbons (Fsp3) is 0.923. The third-order valence-corrected chi connectivity index (χ3v) is 3.98. The average molecular weight is 246 g/mol. The van der Waals surface area contributed by atoms with Gasteiger partial charge in [-0.1, -0.05) is 32.1 Å². The molecule has 0 aliphatic heterocycles. The molecule has 94 valence electrons. The molecule has 0 spiro atoms. The van der Waals surface area contributed by atoms with Crippen molar-refractivity contribution < 1.29 is 4.79 Å². The summed E-state index contributed by atoms with van der Waals surface area (Å²) >= 11 is 0. The summed E-state index contributed by atoms with van der Waals surface area (Å²) in [5, 5.41) is 3.45. The Morgan fingerprint density at radius 1 is 0.938 bits per heavy atom. The molecule has 0 heterocycles. The van der Waals surface area contributed by atoms with Crippen molar-refractivity contribution in [2.75, 3.05) is 6.54 Å². The van der Waals surface area contributed by atoms with Gasteiger partial charge >= 0.3 is 0 Å². The highest BCUT2D eigenvalue weighted by Crippen LogP contribution is 2.25. The van der Waals surface area contributed by atoms with Crippen molar-refractivity contribution in [1.29, 1.82) is 0 Å². The van der Waals surface area contributed by atoms with Crippen LogP contribution in [0.4, 0.5) is 0 Å². The number of carbonyl (C=O) groups is 1. The Balaban J connectivity index is 0.00000128. The molecule has 0 aromatic heterocycles. The molecule has 2 saturated carbocycles. The molecule has 0 amide bonds. The largest absolute Gasteiger partial charge is 0.307 e. The second-order valence-electron chi connectivity index (χ2n) is 5.16. The van der Waals surface area contributed by atoms with E-state index >= 15 is 0 Å². The maximum Gasteiger partial charge on any atom is 0.149 e. The summed E-state index contributed by atoms with van der Waals surface area (Å²) in [6.45, 7) is 0.634. The molecule has 16 heavy (non-hydrogen) atoms. The van der Waals surface area contributed by atoms with E-state index in [-0.39, 0.29) is 12.4 Å². The lowest BCUT2D eigenvalue weighted by Gasteiger charge is -2.23. The van der Waals surface area contributed by atoms with E-state index in [1.165, 1.54) is 44.9 Å². The second-order valence-corrected chi connectivity index (χ2v) is 5.16. The molecule has 2 aliphatic carbocycles. The molecule has 0 atom stereocenters. The molecule has 0 unspecified atom stereocenters. The molecular formula is C13H24ClNO. The van der Waals surface area contributed by atoms with E-state index in [2.05, 4.69) is 5.32 Å². The monoisotopic (exact) mass is 245 g/mol. The van der Waals surface area contributed by atoms with Gasteiger partial charge in [-0.3, -0.25) is 4.79 Å². The molecule has 2 nitrogen and oxygen atoms in total. The zero-order chi connectivity index (χ0) is 10.5. The van der Waals surface area contributed by atoms with Crippen molar-refractivity contribution in [2.45, 2.75) is 63.8 Å². The Labute approximate surface area is 105 Å². The van der Waals surface area contributed by atoms with Crippen LogP contribution in [0.5, 0.6) is 0 Å². The predicted octanol–water partition coefficient (Wildman–Crippen LogP) is 3.09. The van der Waals surface area contributed by atoms with Crippen LogP contribution < -0.4 is 5.32 Å². The number of nitrogens with one attached hydrogen (secondary N) is 1. The van der Waals surface area contributed by atoms with Crippen molar-refractivity contribution in [1.82, 2.24) is 5.32 Å². The van der Waals surface area contributed by atoms with Gasteiger partial charge in [-0.05, 0) is 25.7 Å². The normalized spacial score (nSPS) is 23.0. The number of rotatable bonds is 4. The maximum atomic E-state index is 11.8. The van der Waals surface area contributed by atoms with Gasteiger partial charge in [0.2, 0.25) is 0 Å². The van der Waals surface area contributed by atoms with E-state index in [1.807, 2.05) is 0 Å². The first-order valence-corrected chi connectivity index (χ1v) is 6.62. The molecule has 3 heteroatoms. The zero-order valence-electron chi connectivity index (χ0n) is 10.0. The highest BCUT2D eigenvalue weighted by atomic mass is 35.5. The molecule has 0 aromatic carbocycles. The minimum atomic E-state index is 0. The molecule has 0 saturated heterocycles. The van der Waals surface area contributed by atoms with Gasteiger partial charge in [-0.15, -0.1) is 12.4 Å². The van der Waals surface area contributed by atoms with E-state index in [1.54, 1.807) is 0 Å². The van der Waals surface area contributed by atoms with Crippen LogP contribution in [0.3, 0.4) is 0 Å². The van der Waals surface area contributed by atoms with Gasteiger partial charge in [0.15, 0.2) is 0 Å². The number of ketones is 1. The molecule has 0 bridgehead atoms. The summed E-state index contributed by atoms with van der Waals surface area (Å²) in [5.74, 6) is 0.860. The van der Waals surface area contributed by atoms with Crippen molar-refractivity contribution in [3.63, 3.8) is 0 Å². The van der Waals surface area contributed by atoms with Crippen LogP contribution >= 0.6 is 12.4 Å². The maximum absolute atomic E-state index is 11.8. The molecule has 2 rings (SSSR count). The smallest absolute Gasteiger partial charge is 0.149 e. The van der Waals surface area contributed by atoms with E-state index in [9.17, 15) is 4.79 Å². The molecule has 0 aromatic rings. The highest BCUT2D eigenvalue weighted by Gasteiger charge is 2.23. The van der Waals surface area contributed by atoms with Crippen molar-refractivity contribution >= 4 is 18.2 Å². The van der Waals surface area contributed by atoms with Gasteiger partial charge in [0.25, 0.3) is 0 Å². The lowest BCUT2D eigenvalue weighted by molar-refractivity contribution is -0.122.